The molecule has 7 aliphatic carbocycles. The van der Waals surface area contributed by atoms with E-state index in [-0.39, 0.29) is 54.5 Å². The number of likely N-dealkylation sites (tertiary alicyclic amines) is 1. The van der Waals surface area contributed by atoms with Crippen molar-refractivity contribution in [1.29, 1.82) is 5.26 Å². The fraction of sp³-hybridized carbons (Fsp3) is 0.456. The Bertz CT molecular complexity index is 3140. The molecule has 2 saturated heterocycles. The molecule has 1 aromatic heterocycles. The standard InChI is InChI=1S/C68H77N7/c1-41-33-43(3)63-54(35-41)55-36-42(2)34-44(4)64(55)75(63)61-39-60(74-58-30-17-15-28-53(58)62-59(74)32-31-52-51-27-14-16-29-57(51)73(65(52)62)50-25-12-7-13-26-50)49(40-69)38-56(61)68-71-66(46-21-10-6-11-22-46)70-67(72-68)48-24-18-23-47(37-48)45-19-8-5-9-20-45/h6-7,10-13,16,18-19,21-26,29,31-33,35-37,44,49,53-54,56,58-63,66-68,70-72H,5,8-9,14-15,17,20,27-28,30,34,38-39H2,1-4H3. The summed E-state index contributed by atoms with van der Waals surface area (Å²) in [6.07, 6.45) is 34.8. The second kappa shape index (κ2) is 19.4. The lowest BCUT2D eigenvalue weighted by molar-refractivity contribution is -0.0192. The van der Waals surface area contributed by atoms with Crippen LogP contribution in [0, 0.1) is 40.9 Å². The first-order chi connectivity index (χ1) is 36.8. The van der Waals surface area contributed by atoms with E-state index in [1.54, 1.807) is 5.70 Å². The molecule has 3 aromatic carbocycles. The maximum atomic E-state index is 12.0. The van der Waals surface area contributed by atoms with E-state index in [2.05, 4.69) is 198 Å². The van der Waals surface area contributed by atoms with Gasteiger partial charge in [0.1, 0.15) is 0 Å². The smallest absolute Gasteiger partial charge is 0.0862 e. The van der Waals surface area contributed by atoms with E-state index in [1.165, 1.54) is 118 Å². The summed E-state index contributed by atoms with van der Waals surface area (Å²) < 4.78 is 2.68. The number of fused-ring (bicyclic) bond motifs is 9. The van der Waals surface area contributed by atoms with Gasteiger partial charge in [0, 0.05) is 70.6 Å². The van der Waals surface area contributed by atoms with Crippen molar-refractivity contribution in [2.45, 2.75) is 166 Å². The second-order valence-corrected chi connectivity index (χ2v) is 24.6. The molecule has 14 atom stereocenters. The van der Waals surface area contributed by atoms with Gasteiger partial charge in [0.25, 0.3) is 0 Å². The highest BCUT2D eigenvalue weighted by Gasteiger charge is 2.59. The monoisotopic (exact) mass is 992 g/mol. The number of aromatic nitrogens is 1. The highest BCUT2D eigenvalue weighted by atomic mass is 15.4. The van der Waals surface area contributed by atoms with Crippen LogP contribution < -0.4 is 16.0 Å². The van der Waals surface area contributed by atoms with Crippen LogP contribution in [0.5, 0.6) is 0 Å². The minimum Gasteiger partial charge on any atom is -0.363 e. The molecule has 14 unspecified atom stereocenters. The van der Waals surface area contributed by atoms with E-state index in [0.29, 0.717) is 29.7 Å². The summed E-state index contributed by atoms with van der Waals surface area (Å²) in [5.74, 6) is 1.65. The van der Waals surface area contributed by atoms with Crippen molar-refractivity contribution in [3.63, 3.8) is 0 Å². The van der Waals surface area contributed by atoms with E-state index in [0.717, 1.165) is 38.5 Å². The van der Waals surface area contributed by atoms with Crippen molar-refractivity contribution >= 4 is 17.7 Å². The number of hydrogen-bond acceptors (Lipinski definition) is 6. The summed E-state index contributed by atoms with van der Waals surface area (Å²) in [6, 6.07) is 36.0. The second-order valence-electron chi connectivity index (χ2n) is 24.6. The zero-order valence-electron chi connectivity index (χ0n) is 44.8. The number of nitrogens with zero attached hydrogens (tertiary/aromatic N) is 4. The van der Waals surface area contributed by atoms with Gasteiger partial charge in [-0.2, -0.15) is 5.26 Å². The van der Waals surface area contributed by atoms with Crippen LogP contribution in [-0.4, -0.2) is 50.7 Å². The number of para-hydroxylation sites is 1. The van der Waals surface area contributed by atoms with E-state index >= 15 is 0 Å². The zero-order chi connectivity index (χ0) is 50.5. The highest BCUT2D eigenvalue weighted by Crippen LogP contribution is 2.58. The summed E-state index contributed by atoms with van der Waals surface area (Å²) in [6.45, 7) is 9.60. The number of nitriles is 1. The van der Waals surface area contributed by atoms with Crippen LogP contribution >= 0.6 is 0 Å². The molecule has 2 saturated carbocycles. The Balaban J connectivity index is 0.904. The molecule has 4 aromatic rings. The summed E-state index contributed by atoms with van der Waals surface area (Å²) in [5.41, 5.74) is 20.0. The maximum Gasteiger partial charge on any atom is 0.0862 e. The van der Waals surface area contributed by atoms with E-state index in [9.17, 15) is 5.26 Å². The third-order valence-corrected chi connectivity index (χ3v) is 20.1. The van der Waals surface area contributed by atoms with Crippen LogP contribution in [0.25, 0.3) is 23.4 Å². The Kier molecular flexibility index (Phi) is 12.3. The number of hydrogen-bond donors (Lipinski definition) is 3. The van der Waals surface area contributed by atoms with Crippen molar-refractivity contribution in [3.05, 3.63) is 189 Å². The van der Waals surface area contributed by atoms with Crippen molar-refractivity contribution < 1.29 is 0 Å². The number of nitrogens with one attached hydrogen (secondary N) is 3. The van der Waals surface area contributed by atoms with E-state index in [4.69, 9.17) is 0 Å². The molecule has 4 heterocycles. The van der Waals surface area contributed by atoms with Crippen LogP contribution in [-0.2, 0) is 6.42 Å². The Morgan fingerprint density at radius 1 is 0.733 bits per heavy atom. The van der Waals surface area contributed by atoms with Gasteiger partial charge >= 0.3 is 0 Å². The van der Waals surface area contributed by atoms with Crippen LogP contribution in [0.4, 0.5) is 0 Å². The quantitative estimate of drug-likeness (QED) is 0.171. The van der Waals surface area contributed by atoms with Crippen molar-refractivity contribution in [1.82, 2.24) is 30.3 Å². The third-order valence-electron chi connectivity index (χ3n) is 20.1. The Morgan fingerprint density at radius 2 is 1.53 bits per heavy atom. The minimum absolute atomic E-state index is 0.0651. The highest BCUT2D eigenvalue weighted by molar-refractivity contribution is 5.73. The van der Waals surface area contributed by atoms with Gasteiger partial charge in [-0.1, -0.05) is 140 Å². The van der Waals surface area contributed by atoms with Gasteiger partial charge in [-0.05, 0) is 166 Å². The Hall–Kier alpha value is -5.75. The minimum atomic E-state index is -0.129. The fourth-order valence-corrected chi connectivity index (χ4v) is 17.3. The Labute approximate surface area is 446 Å². The van der Waals surface area contributed by atoms with Crippen LogP contribution in [0.3, 0.4) is 0 Å². The van der Waals surface area contributed by atoms with Gasteiger partial charge in [-0.15, -0.1) is 0 Å². The topological polar surface area (TPSA) is 71.3 Å². The first kappa shape index (κ1) is 47.7. The van der Waals surface area contributed by atoms with Crippen LogP contribution in [0.2, 0.25) is 0 Å². The lowest BCUT2D eigenvalue weighted by atomic mass is 9.70. The SMILES string of the molecule is CC1=CC2C3=C(C(C)CC(C)=C3)N(C3CC(N4C5C=Cc6c7c(n(-c8ccccc8)c6C5C5CCCCC54)C=CCC7)C(C#N)CC3C3NC(c4ccccc4)NC(c4cccc(C5=CCCCC5)c4)N3)C2C(C)=C1. The average molecular weight is 992 g/mol. The van der Waals surface area contributed by atoms with Gasteiger partial charge < -0.3 is 9.47 Å². The molecule has 3 N–H and O–H groups in total. The number of rotatable bonds is 7. The predicted molar refractivity (Wildman–Crippen MR) is 305 cm³/mol. The normalized spacial score (nSPS) is 34.9. The van der Waals surface area contributed by atoms with Crippen molar-refractivity contribution in [2.24, 2.45) is 29.6 Å². The summed E-state index contributed by atoms with van der Waals surface area (Å²) in [5, 5.41) is 24.6. The van der Waals surface area contributed by atoms with Gasteiger partial charge in [-0.25, -0.2) is 0 Å². The van der Waals surface area contributed by atoms with Crippen LogP contribution in [0.1, 0.15) is 162 Å². The first-order valence-electron chi connectivity index (χ1n) is 29.3. The maximum absolute atomic E-state index is 12.0. The molecule has 0 spiro atoms. The molecule has 3 aliphatic heterocycles. The average Bonchev–Trinajstić information content (AvgIpc) is 4.22. The van der Waals surface area contributed by atoms with Gasteiger partial charge in [-0.3, -0.25) is 20.9 Å². The lowest BCUT2D eigenvalue weighted by Crippen LogP contribution is -2.67. The van der Waals surface area contributed by atoms with Gasteiger partial charge in [0.15, 0.2) is 0 Å². The molecule has 75 heavy (non-hydrogen) atoms. The van der Waals surface area contributed by atoms with Gasteiger partial charge in [0.05, 0.1) is 36.5 Å². The molecule has 0 radical (unpaired) electrons. The largest absolute Gasteiger partial charge is 0.363 e. The molecule has 7 nitrogen and oxygen atoms in total. The zero-order valence-corrected chi connectivity index (χ0v) is 44.8. The molecule has 0 bridgehead atoms. The molecule has 0 amide bonds. The molecular weight excluding hydrogens is 915 g/mol. The molecular formula is C68H77N7. The molecule has 4 fully saturated rings. The molecule has 384 valence electrons. The summed E-state index contributed by atoms with van der Waals surface area (Å²) in [4.78, 5) is 6.04. The van der Waals surface area contributed by atoms with Crippen LogP contribution in [0.15, 0.2) is 149 Å². The molecule has 10 aliphatic rings. The molecule has 7 heteroatoms. The number of benzene rings is 3. The summed E-state index contributed by atoms with van der Waals surface area (Å²) >= 11 is 0. The predicted octanol–water partition coefficient (Wildman–Crippen LogP) is 14.0. The van der Waals surface area contributed by atoms with E-state index in [1.807, 2.05) is 0 Å². The third kappa shape index (κ3) is 8.02. The van der Waals surface area contributed by atoms with E-state index < -0.39 is 0 Å². The van der Waals surface area contributed by atoms with Crippen molar-refractivity contribution in [2.75, 3.05) is 0 Å². The summed E-state index contributed by atoms with van der Waals surface area (Å²) in [7, 11) is 0. The lowest BCUT2D eigenvalue weighted by Gasteiger charge is -2.55. The fourth-order valence-electron chi connectivity index (χ4n) is 17.3. The number of allylic oxidation sites excluding steroid dienone is 8. The first-order valence-corrected chi connectivity index (χ1v) is 29.3. The molecule has 14 rings (SSSR count). The van der Waals surface area contributed by atoms with Crippen molar-refractivity contribution in [3.8, 4) is 11.8 Å². The Morgan fingerprint density at radius 3 is 2.35 bits per heavy atom. The van der Waals surface area contributed by atoms with Gasteiger partial charge in [0.2, 0.25) is 0 Å².